The highest BCUT2D eigenvalue weighted by molar-refractivity contribution is 6.02. The smallest absolute Gasteiger partial charge is 0.275 e. The van der Waals surface area contributed by atoms with Gasteiger partial charge in [-0.25, -0.2) is 0 Å². The fraction of sp³-hybridized carbons (Fsp3) is 0.571. The van der Waals surface area contributed by atoms with Gasteiger partial charge in [-0.15, -0.1) is 5.10 Å². The van der Waals surface area contributed by atoms with Crippen molar-refractivity contribution >= 4 is 11.7 Å². The molecule has 0 saturated carbocycles. The molecule has 2 aromatic heterocycles. The molecule has 2 aromatic rings. The van der Waals surface area contributed by atoms with Gasteiger partial charge in [0, 0.05) is 7.05 Å². The van der Waals surface area contributed by atoms with Gasteiger partial charge in [-0.1, -0.05) is 13.8 Å². The van der Waals surface area contributed by atoms with E-state index in [0.717, 1.165) is 12.1 Å². The molecule has 7 nitrogen and oxygen atoms in total. The Kier molecular flexibility index (Phi) is 4.40. The third-order valence-electron chi connectivity index (χ3n) is 2.99. The number of amides is 1. The van der Waals surface area contributed by atoms with Gasteiger partial charge in [0.05, 0.1) is 17.9 Å². The Bertz CT molecular complexity index is 625. The van der Waals surface area contributed by atoms with Gasteiger partial charge in [0.15, 0.2) is 5.82 Å². The van der Waals surface area contributed by atoms with E-state index in [0.29, 0.717) is 17.4 Å². The minimum Gasteiger partial charge on any atom is -0.302 e. The van der Waals surface area contributed by atoms with E-state index in [1.54, 1.807) is 22.7 Å². The Hall–Kier alpha value is -2.18. The summed E-state index contributed by atoms with van der Waals surface area (Å²) in [5.74, 6) is 0.720. The molecule has 0 fully saturated rings. The molecule has 0 aromatic carbocycles. The third kappa shape index (κ3) is 3.68. The molecule has 1 amide bonds. The second-order valence-electron chi connectivity index (χ2n) is 5.84. The Morgan fingerprint density at radius 2 is 2.00 bits per heavy atom. The van der Waals surface area contributed by atoms with Crippen LogP contribution in [0.4, 0.5) is 5.82 Å². The zero-order valence-corrected chi connectivity index (χ0v) is 13.2. The van der Waals surface area contributed by atoms with E-state index in [1.165, 1.54) is 0 Å². The van der Waals surface area contributed by atoms with Gasteiger partial charge in [0.2, 0.25) is 0 Å². The van der Waals surface area contributed by atoms with Crippen LogP contribution in [0, 0.1) is 5.92 Å². The van der Waals surface area contributed by atoms with Crippen molar-refractivity contribution in [2.24, 2.45) is 13.0 Å². The predicted octanol–water partition coefficient (Wildman–Crippen LogP) is 2.04. The molecular formula is C14H22N6O. The summed E-state index contributed by atoms with van der Waals surface area (Å²) in [6.45, 7) is 8.20. The molecule has 0 unspecified atom stereocenters. The lowest BCUT2D eigenvalue weighted by molar-refractivity contribution is 0.101. The lowest BCUT2D eigenvalue weighted by Gasteiger charge is -2.03. The van der Waals surface area contributed by atoms with Crippen molar-refractivity contribution < 1.29 is 4.79 Å². The van der Waals surface area contributed by atoms with Gasteiger partial charge in [-0.05, 0) is 32.3 Å². The fourth-order valence-corrected chi connectivity index (χ4v) is 2.02. The van der Waals surface area contributed by atoms with E-state index < -0.39 is 0 Å². The third-order valence-corrected chi connectivity index (χ3v) is 2.99. The topological polar surface area (TPSA) is 77.6 Å². The summed E-state index contributed by atoms with van der Waals surface area (Å²) in [6.07, 6.45) is 2.40. The van der Waals surface area contributed by atoms with Gasteiger partial charge < -0.3 is 5.32 Å². The zero-order valence-electron chi connectivity index (χ0n) is 13.2. The van der Waals surface area contributed by atoms with E-state index in [2.05, 4.69) is 34.5 Å². The van der Waals surface area contributed by atoms with Crippen LogP contribution >= 0.6 is 0 Å². The fourth-order valence-electron chi connectivity index (χ4n) is 2.02. The van der Waals surface area contributed by atoms with Crippen molar-refractivity contribution in [3.05, 3.63) is 23.7 Å². The van der Waals surface area contributed by atoms with Gasteiger partial charge in [0.1, 0.15) is 5.69 Å². The van der Waals surface area contributed by atoms with E-state index >= 15 is 0 Å². The molecule has 7 heteroatoms. The molecule has 0 spiro atoms. The van der Waals surface area contributed by atoms with Crippen molar-refractivity contribution in [3.8, 4) is 0 Å². The first-order chi connectivity index (χ1) is 9.86. The average molecular weight is 290 g/mol. The van der Waals surface area contributed by atoms with Crippen LogP contribution in [0.3, 0.4) is 0 Å². The van der Waals surface area contributed by atoms with Crippen LogP contribution in [0.2, 0.25) is 0 Å². The maximum atomic E-state index is 12.3. The number of carbonyl (C=O) groups excluding carboxylic acids is 1. The predicted molar refractivity (Wildman–Crippen MR) is 80.1 cm³/mol. The second kappa shape index (κ2) is 6.07. The first-order valence-electron chi connectivity index (χ1n) is 7.13. The number of anilines is 1. The SMILES string of the molecule is CC(C)Cc1cc(C(=O)Nc2cnn(C(C)C)n2)n(C)n1. The van der Waals surface area contributed by atoms with Crippen molar-refractivity contribution in [1.82, 2.24) is 24.8 Å². The first kappa shape index (κ1) is 15.2. The molecule has 0 bridgehead atoms. The Balaban J connectivity index is 2.10. The summed E-state index contributed by atoms with van der Waals surface area (Å²) in [6, 6.07) is 1.98. The van der Waals surface area contributed by atoms with Gasteiger partial charge in [-0.3, -0.25) is 9.48 Å². The van der Waals surface area contributed by atoms with Crippen LogP contribution in [0.5, 0.6) is 0 Å². The Morgan fingerprint density at radius 3 is 2.57 bits per heavy atom. The van der Waals surface area contributed by atoms with Crippen LogP contribution in [-0.2, 0) is 13.5 Å². The molecule has 0 aliphatic carbocycles. The van der Waals surface area contributed by atoms with Crippen LogP contribution in [-0.4, -0.2) is 30.7 Å². The van der Waals surface area contributed by atoms with Crippen molar-refractivity contribution in [3.63, 3.8) is 0 Å². The minimum absolute atomic E-state index is 0.157. The van der Waals surface area contributed by atoms with Gasteiger partial charge in [-0.2, -0.15) is 15.0 Å². The molecule has 1 N–H and O–H groups in total. The summed E-state index contributed by atoms with van der Waals surface area (Å²) < 4.78 is 1.60. The van der Waals surface area contributed by atoms with Crippen LogP contribution in [0.25, 0.3) is 0 Å². The van der Waals surface area contributed by atoms with Crippen molar-refractivity contribution in [2.45, 2.75) is 40.2 Å². The summed E-state index contributed by atoms with van der Waals surface area (Å²) in [4.78, 5) is 13.8. The van der Waals surface area contributed by atoms with Gasteiger partial charge in [0.25, 0.3) is 5.91 Å². The van der Waals surface area contributed by atoms with E-state index in [-0.39, 0.29) is 11.9 Å². The van der Waals surface area contributed by atoms with Gasteiger partial charge >= 0.3 is 0 Å². The normalized spacial score (nSPS) is 11.4. The molecule has 0 aliphatic heterocycles. The molecular weight excluding hydrogens is 268 g/mol. The molecule has 0 aliphatic rings. The van der Waals surface area contributed by atoms with E-state index in [4.69, 9.17) is 0 Å². The summed E-state index contributed by atoms with van der Waals surface area (Å²) >= 11 is 0. The number of rotatable bonds is 5. The van der Waals surface area contributed by atoms with Crippen LogP contribution in [0.15, 0.2) is 12.3 Å². The number of nitrogens with zero attached hydrogens (tertiary/aromatic N) is 5. The monoisotopic (exact) mass is 290 g/mol. The second-order valence-corrected chi connectivity index (χ2v) is 5.84. The first-order valence-corrected chi connectivity index (χ1v) is 7.13. The number of hydrogen-bond acceptors (Lipinski definition) is 4. The molecule has 0 saturated heterocycles. The largest absolute Gasteiger partial charge is 0.302 e. The Labute approximate surface area is 124 Å². The van der Waals surface area contributed by atoms with Crippen molar-refractivity contribution in [1.29, 1.82) is 0 Å². The minimum atomic E-state index is -0.226. The highest BCUT2D eigenvalue weighted by Crippen LogP contribution is 2.11. The number of hydrogen-bond donors (Lipinski definition) is 1. The maximum absolute atomic E-state index is 12.3. The highest BCUT2D eigenvalue weighted by atomic mass is 16.2. The summed E-state index contributed by atoms with van der Waals surface area (Å²) in [7, 11) is 1.77. The zero-order chi connectivity index (χ0) is 15.6. The summed E-state index contributed by atoms with van der Waals surface area (Å²) in [5, 5.41) is 15.4. The molecule has 114 valence electrons. The average Bonchev–Trinajstić information content (AvgIpc) is 2.95. The lowest BCUT2D eigenvalue weighted by atomic mass is 10.1. The number of aromatic nitrogens is 5. The number of aryl methyl sites for hydroxylation is 1. The molecule has 21 heavy (non-hydrogen) atoms. The van der Waals surface area contributed by atoms with Crippen LogP contribution < -0.4 is 5.32 Å². The summed E-state index contributed by atoms with van der Waals surface area (Å²) in [5.41, 5.74) is 1.44. The van der Waals surface area contributed by atoms with Crippen LogP contribution in [0.1, 0.15) is 49.9 Å². The highest BCUT2D eigenvalue weighted by Gasteiger charge is 2.15. The molecule has 0 radical (unpaired) electrons. The molecule has 2 heterocycles. The number of nitrogens with one attached hydrogen (secondary N) is 1. The number of carbonyl (C=O) groups is 1. The lowest BCUT2D eigenvalue weighted by Crippen LogP contribution is -2.16. The maximum Gasteiger partial charge on any atom is 0.275 e. The molecule has 0 atom stereocenters. The van der Waals surface area contributed by atoms with Crippen molar-refractivity contribution in [2.75, 3.05) is 5.32 Å². The van der Waals surface area contributed by atoms with E-state index in [9.17, 15) is 4.79 Å². The quantitative estimate of drug-likeness (QED) is 0.914. The standard InChI is InChI=1S/C14H22N6O/c1-9(2)6-11-7-12(19(5)17-11)14(21)16-13-8-15-20(18-13)10(3)4/h7-10H,6H2,1-5H3,(H,16,18,21). The Morgan fingerprint density at radius 1 is 1.29 bits per heavy atom. The molecule has 2 rings (SSSR count). The van der Waals surface area contributed by atoms with E-state index in [1.807, 2.05) is 19.9 Å².